The van der Waals surface area contributed by atoms with Crippen molar-refractivity contribution in [2.75, 3.05) is 0 Å². The van der Waals surface area contributed by atoms with Crippen LogP contribution in [-0.2, 0) is 11.2 Å². The Balaban J connectivity index is 2.23. The molecule has 0 aliphatic carbocycles. The minimum atomic E-state index is -0.836. The molecular formula is C10H11N3O2. The van der Waals surface area contributed by atoms with Crippen molar-refractivity contribution >= 4 is 5.97 Å². The average molecular weight is 205 g/mol. The van der Waals surface area contributed by atoms with Crippen LogP contribution in [0.2, 0.25) is 0 Å². The fraction of sp³-hybridized carbons (Fsp3) is 0.200. The van der Waals surface area contributed by atoms with Crippen LogP contribution in [-0.4, -0.2) is 25.8 Å². The van der Waals surface area contributed by atoms with E-state index in [0.717, 1.165) is 17.1 Å². The van der Waals surface area contributed by atoms with E-state index in [2.05, 4.69) is 10.1 Å². The van der Waals surface area contributed by atoms with Gasteiger partial charge in [0.2, 0.25) is 0 Å². The van der Waals surface area contributed by atoms with Crippen molar-refractivity contribution in [3.8, 4) is 5.82 Å². The van der Waals surface area contributed by atoms with E-state index in [0.29, 0.717) is 0 Å². The van der Waals surface area contributed by atoms with Crippen LogP contribution in [0, 0.1) is 6.92 Å². The van der Waals surface area contributed by atoms with Crippen LogP contribution in [0.5, 0.6) is 0 Å². The summed E-state index contributed by atoms with van der Waals surface area (Å²) in [4.78, 5) is 13.5. The van der Waals surface area contributed by atoms with Crippen LogP contribution in [0.1, 0.15) is 11.3 Å². The second-order valence-electron chi connectivity index (χ2n) is 3.37. The third kappa shape index (κ3) is 2.07. The van der Waals surface area contributed by atoms with Gasteiger partial charge in [-0.1, -0.05) is 0 Å². The SMILES string of the molecule is Cc1ccn(-c2cc(CC(=O)O)c[nH]2)n1. The van der Waals surface area contributed by atoms with E-state index in [1.54, 1.807) is 16.9 Å². The topological polar surface area (TPSA) is 70.9 Å². The molecule has 2 heterocycles. The number of carboxylic acid groups (broad SMARTS) is 1. The first-order valence-electron chi connectivity index (χ1n) is 4.57. The molecule has 78 valence electrons. The fourth-order valence-corrected chi connectivity index (χ4v) is 1.38. The number of aromatic amines is 1. The second-order valence-corrected chi connectivity index (χ2v) is 3.37. The number of hydrogen-bond acceptors (Lipinski definition) is 2. The first-order chi connectivity index (χ1) is 7.15. The van der Waals surface area contributed by atoms with Crippen molar-refractivity contribution in [3.63, 3.8) is 0 Å². The molecule has 0 saturated heterocycles. The molecule has 0 atom stereocenters. The molecule has 2 N–H and O–H groups in total. The van der Waals surface area contributed by atoms with Crippen molar-refractivity contribution in [2.45, 2.75) is 13.3 Å². The number of aromatic nitrogens is 3. The van der Waals surface area contributed by atoms with Crippen molar-refractivity contribution in [1.29, 1.82) is 0 Å². The molecule has 2 rings (SSSR count). The predicted molar refractivity (Wildman–Crippen MR) is 54.0 cm³/mol. The molecule has 0 amide bonds. The lowest BCUT2D eigenvalue weighted by atomic mass is 10.2. The lowest BCUT2D eigenvalue weighted by Crippen LogP contribution is -1.98. The van der Waals surface area contributed by atoms with Gasteiger partial charge in [0.05, 0.1) is 12.1 Å². The highest BCUT2D eigenvalue weighted by Gasteiger charge is 2.05. The highest BCUT2D eigenvalue weighted by Crippen LogP contribution is 2.09. The van der Waals surface area contributed by atoms with E-state index in [-0.39, 0.29) is 6.42 Å². The summed E-state index contributed by atoms with van der Waals surface area (Å²) in [7, 11) is 0. The monoisotopic (exact) mass is 205 g/mol. The zero-order valence-corrected chi connectivity index (χ0v) is 8.27. The van der Waals surface area contributed by atoms with Crippen LogP contribution in [0.15, 0.2) is 24.5 Å². The van der Waals surface area contributed by atoms with Crippen molar-refractivity contribution in [2.24, 2.45) is 0 Å². The van der Waals surface area contributed by atoms with Crippen molar-refractivity contribution in [3.05, 3.63) is 35.8 Å². The smallest absolute Gasteiger partial charge is 0.307 e. The molecule has 0 fully saturated rings. The summed E-state index contributed by atoms with van der Waals surface area (Å²) in [6.07, 6.45) is 3.53. The van der Waals surface area contributed by atoms with E-state index in [4.69, 9.17) is 5.11 Å². The maximum absolute atomic E-state index is 10.5. The number of rotatable bonds is 3. The Morgan fingerprint density at radius 3 is 3.07 bits per heavy atom. The van der Waals surface area contributed by atoms with E-state index < -0.39 is 5.97 Å². The highest BCUT2D eigenvalue weighted by molar-refractivity contribution is 5.70. The fourth-order valence-electron chi connectivity index (χ4n) is 1.38. The van der Waals surface area contributed by atoms with Crippen LogP contribution in [0.3, 0.4) is 0 Å². The lowest BCUT2D eigenvalue weighted by Gasteiger charge is -1.94. The van der Waals surface area contributed by atoms with Crippen LogP contribution in [0.4, 0.5) is 0 Å². The first kappa shape index (κ1) is 9.51. The lowest BCUT2D eigenvalue weighted by molar-refractivity contribution is -0.136. The van der Waals surface area contributed by atoms with Crippen LogP contribution >= 0.6 is 0 Å². The minimum Gasteiger partial charge on any atom is -0.481 e. The number of nitrogens with one attached hydrogen (secondary N) is 1. The molecule has 5 nitrogen and oxygen atoms in total. The van der Waals surface area contributed by atoms with Gasteiger partial charge < -0.3 is 10.1 Å². The summed E-state index contributed by atoms with van der Waals surface area (Å²) in [6, 6.07) is 3.66. The first-order valence-corrected chi connectivity index (χ1v) is 4.57. The number of nitrogens with zero attached hydrogens (tertiary/aromatic N) is 2. The normalized spacial score (nSPS) is 10.5. The standard InChI is InChI=1S/C10H11N3O2/c1-7-2-3-13(12-7)9-4-8(6-11-9)5-10(14)15/h2-4,6,11H,5H2,1H3,(H,14,15). The summed E-state index contributed by atoms with van der Waals surface area (Å²) in [5.41, 5.74) is 1.66. The maximum atomic E-state index is 10.5. The molecule has 5 heteroatoms. The van der Waals surface area contributed by atoms with Gasteiger partial charge >= 0.3 is 5.97 Å². The van der Waals surface area contributed by atoms with Crippen LogP contribution < -0.4 is 0 Å². The molecule has 0 bridgehead atoms. The Bertz CT molecular complexity index is 484. The van der Waals surface area contributed by atoms with E-state index in [1.165, 1.54) is 0 Å². The molecular weight excluding hydrogens is 194 g/mol. The number of hydrogen-bond donors (Lipinski definition) is 2. The largest absolute Gasteiger partial charge is 0.481 e. The van der Waals surface area contributed by atoms with Crippen molar-refractivity contribution < 1.29 is 9.90 Å². The third-order valence-electron chi connectivity index (χ3n) is 2.05. The van der Waals surface area contributed by atoms with E-state index in [1.807, 2.05) is 19.2 Å². The summed E-state index contributed by atoms with van der Waals surface area (Å²) in [5.74, 6) is -0.0588. The van der Waals surface area contributed by atoms with Gasteiger partial charge in [0, 0.05) is 12.4 Å². The number of aryl methyl sites for hydroxylation is 1. The summed E-state index contributed by atoms with van der Waals surface area (Å²) >= 11 is 0. The van der Waals surface area contributed by atoms with Gasteiger partial charge in [-0.15, -0.1) is 0 Å². The molecule has 0 aliphatic heterocycles. The number of H-pyrrole nitrogens is 1. The van der Waals surface area contributed by atoms with Gasteiger partial charge in [-0.25, -0.2) is 4.68 Å². The number of carbonyl (C=O) groups is 1. The summed E-state index contributed by atoms with van der Waals surface area (Å²) in [5, 5.41) is 12.8. The minimum absolute atomic E-state index is 0.0246. The van der Waals surface area contributed by atoms with Crippen LogP contribution in [0.25, 0.3) is 5.82 Å². The number of carboxylic acids is 1. The second kappa shape index (κ2) is 3.61. The Hall–Kier alpha value is -2.04. The molecule has 2 aromatic rings. The van der Waals surface area contributed by atoms with Gasteiger partial charge in [-0.3, -0.25) is 4.79 Å². The predicted octanol–water partition coefficient (Wildman–Crippen LogP) is 1.14. The molecule has 2 aromatic heterocycles. The van der Waals surface area contributed by atoms with Crippen molar-refractivity contribution in [1.82, 2.24) is 14.8 Å². The Morgan fingerprint density at radius 2 is 2.47 bits per heavy atom. The molecule has 0 saturated carbocycles. The Labute approximate surface area is 86.4 Å². The van der Waals surface area contributed by atoms with E-state index >= 15 is 0 Å². The van der Waals surface area contributed by atoms with E-state index in [9.17, 15) is 4.79 Å². The van der Waals surface area contributed by atoms with Gasteiger partial charge in [0.1, 0.15) is 5.82 Å². The number of aliphatic carboxylic acids is 1. The zero-order chi connectivity index (χ0) is 10.8. The maximum Gasteiger partial charge on any atom is 0.307 e. The Kier molecular flexibility index (Phi) is 2.29. The van der Waals surface area contributed by atoms with Gasteiger partial charge in [-0.05, 0) is 24.6 Å². The highest BCUT2D eigenvalue weighted by atomic mass is 16.4. The van der Waals surface area contributed by atoms with Gasteiger partial charge in [-0.2, -0.15) is 5.10 Å². The molecule has 0 spiro atoms. The summed E-state index contributed by atoms with van der Waals surface area (Å²) < 4.78 is 1.68. The molecule has 0 aromatic carbocycles. The zero-order valence-electron chi connectivity index (χ0n) is 8.27. The Morgan fingerprint density at radius 1 is 1.67 bits per heavy atom. The van der Waals surface area contributed by atoms with Gasteiger partial charge in [0.15, 0.2) is 0 Å². The third-order valence-corrected chi connectivity index (χ3v) is 2.05. The average Bonchev–Trinajstić information content (AvgIpc) is 2.72. The molecule has 0 aliphatic rings. The summed E-state index contributed by atoms with van der Waals surface area (Å²) in [6.45, 7) is 1.90. The van der Waals surface area contributed by atoms with Gasteiger partial charge in [0.25, 0.3) is 0 Å². The quantitative estimate of drug-likeness (QED) is 0.789. The molecule has 0 radical (unpaired) electrons. The molecule has 0 unspecified atom stereocenters. The molecule has 15 heavy (non-hydrogen) atoms.